The average molecular weight is 289 g/mol. The Balaban J connectivity index is 1.90. The molecule has 0 aromatic carbocycles. The summed E-state index contributed by atoms with van der Waals surface area (Å²) in [6.45, 7) is 15.7. The molecule has 0 nitrogen and oxygen atoms in total. The van der Waals surface area contributed by atoms with Gasteiger partial charge in [-0.2, -0.15) is 0 Å². The third-order valence-electron chi connectivity index (χ3n) is 6.87. The van der Waals surface area contributed by atoms with Crippen molar-refractivity contribution in [1.82, 2.24) is 0 Å². The molecule has 0 amide bonds. The average Bonchev–Trinajstić information content (AvgIpc) is 2.58. The molecule has 2 saturated carbocycles. The smallest absolute Gasteiger partial charge is 0.0724 e. The van der Waals surface area contributed by atoms with E-state index in [0.29, 0.717) is 0 Å². The van der Waals surface area contributed by atoms with E-state index in [2.05, 4.69) is 57.5 Å². The second kappa shape index (κ2) is 3.22. The van der Waals surface area contributed by atoms with Crippen LogP contribution in [0.15, 0.2) is 23.4 Å². The molecule has 0 aliphatic heterocycles. The summed E-state index contributed by atoms with van der Waals surface area (Å²) in [5.41, 5.74) is 0. The Hall–Kier alpha value is -0.0862. The van der Waals surface area contributed by atoms with Crippen molar-refractivity contribution in [2.75, 3.05) is 0 Å². The van der Waals surface area contributed by atoms with Crippen molar-refractivity contribution in [2.45, 2.75) is 50.7 Å². The van der Waals surface area contributed by atoms with Gasteiger partial charge in [-0.15, -0.1) is 0 Å². The Morgan fingerprint density at radius 2 is 1.74 bits per heavy atom. The summed E-state index contributed by atoms with van der Waals surface area (Å²) >= 11 is 0. The molecule has 0 unspecified atom stereocenters. The number of rotatable bonds is 2. The second-order valence-corrected chi connectivity index (χ2v) is 20.0. The third kappa shape index (κ3) is 1.26. The number of allylic oxidation sites excluding steroid dienone is 4. The summed E-state index contributed by atoms with van der Waals surface area (Å²) < 4.78 is 0. The van der Waals surface area contributed by atoms with Crippen LogP contribution in [0, 0.1) is 29.6 Å². The van der Waals surface area contributed by atoms with Gasteiger partial charge in [0.1, 0.15) is 0 Å². The topological polar surface area (TPSA) is 0 Å². The first-order valence-electron chi connectivity index (χ1n) is 8.09. The molecule has 0 heterocycles. The molecule has 6 bridgehead atoms. The molecule has 5 aliphatic rings. The van der Waals surface area contributed by atoms with Crippen LogP contribution in [0.5, 0.6) is 0 Å². The predicted molar refractivity (Wildman–Crippen MR) is 88.7 cm³/mol. The van der Waals surface area contributed by atoms with Crippen LogP contribution in [0.3, 0.4) is 0 Å². The van der Waals surface area contributed by atoms with Gasteiger partial charge in [0.2, 0.25) is 0 Å². The third-order valence-corrected chi connectivity index (χ3v) is 12.7. The Kier molecular flexibility index (Phi) is 2.14. The van der Waals surface area contributed by atoms with Crippen molar-refractivity contribution < 1.29 is 0 Å². The minimum atomic E-state index is -1.14. The Morgan fingerprint density at radius 3 is 2.32 bits per heavy atom. The summed E-state index contributed by atoms with van der Waals surface area (Å²) in [5.74, 6) is 4.81. The van der Waals surface area contributed by atoms with Crippen molar-refractivity contribution in [1.29, 1.82) is 0 Å². The fourth-order valence-electron chi connectivity index (χ4n) is 6.36. The zero-order chi connectivity index (χ0) is 13.8. The molecular formula is C17H28Si2. The van der Waals surface area contributed by atoms with Crippen LogP contribution in [-0.4, -0.2) is 16.1 Å². The van der Waals surface area contributed by atoms with E-state index in [1.165, 1.54) is 0 Å². The largest absolute Gasteiger partial charge is 0.0842 e. The molecular weight excluding hydrogens is 260 g/mol. The van der Waals surface area contributed by atoms with Gasteiger partial charge in [0.15, 0.2) is 0 Å². The zero-order valence-corrected chi connectivity index (χ0v) is 15.3. The lowest BCUT2D eigenvalue weighted by Gasteiger charge is -2.40. The van der Waals surface area contributed by atoms with Gasteiger partial charge >= 0.3 is 0 Å². The van der Waals surface area contributed by atoms with Crippen molar-refractivity contribution in [3.8, 4) is 0 Å². The highest BCUT2D eigenvalue weighted by molar-refractivity contribution is 6.84. The van der Waals surface area contributed by atoms with Crippen LogP contribution >= 0.6 is 0 Å². The molecule has 104 valence electrons. The van der Waals surface area contributed by atoms with E-state index in [1.54, 1.807) is 6.42 Å². The first-order valence-corrected chi connectivity index (χ1v) is 15.1. The molecule has 2 heteroatoms. The fraction of sp³-hybridized carbons (Fsp3) is 0.765. The van der Waals surface area contributed by atoms with E-state index in [4.69, 9.17) is 0 Å². The van der Waals surface area contributed by atoms with Gasteiger partial charge in [-0.25, -0.2) is 0 Å². The normalized spacial score (nSPS) is 50.2. The quantitative estimate of drug-likeness (QED) is 0.498. The summed E-state index contributed by atoms with van der Waals surface area (Å²) in [4.78, 5) is 0. The van der Waals surface area contributed by atoms with Crippen molar-refractivity contribution >= 4 is 16.1 Å². The molecule has 5 rings (SSSR count). The Bertz CT molecular complexity index is 502. The molecule has 19 heavy (non-hydrogen) atoms. The maximum absolute atomic E-state index is 2.73. The molecule has 2 fully saturated rings. The monoisotopic (exact) mass is 288 g/mol. The molecule has 0 aromatic heterocycles. The molecule has 0 N–H and O–H groups in total. The van der Waals surface area contributed by atoms with Gasteiger partial charge in [0.25, 0.3) is 0 Å². The van der Waals surface area contributed by atoms with Gasteiger partial charge < -0.3 is 0 Å². The van der Waals surface area contributed by atoms with Crippen LogP contribution in [0.25, 0.3) is 0 Å². The van der Waals surface area contributed by atoms with Gasteiger partial charge in [0, 0.05) is 0 Å². The molecule has 0 saturated heterocycles. The lowest BCUT2D eigenvalue weighted by atomic mass is 9.88. The van der Waals surface area contributed by atoms with Gasteiger partial charge in [-0.05, 0) is 41.0 Å². The number of hydrogen-bond donors (Lipinski definition) is 0. The first-order chi connectivity index (χ1) is 8.69. The van der Waals surface area contributed by atoms with Crippen LogP contribution in [-0.2, 0) is 0 Å². The molecule has 0 spiro atoms. The highest BCUT2D eigenvalue weighted by Crippen LogP contribution is 2.86. The highest BCUT2D eigenvalue weighted by Gasteiger charge is 2.79. The minimum Gasteiger partial charge on any atom is -0.0842 e. The lowest BCUT2D eigenvalue weighted by molar-refractivity contribution is 0.371. The zero-order valence-electron chi connectivity index (χ0n) is 13.3. The Morgan fingerprint density at radius 1 is 1.05 bits per heavy atom. The minimum absolute atomic E-state index is 0.755. The van der Waals surface area contributed by atoms with Crippen LogP contribution < -0.4 is 0 Å². The summed E-state index contributed by atoms with van der Waals surface area (Å²) in [7, 11) is -2.25. The molecule has 6 atom stereocenters. The lowest BCUT2D eigenvalue weighted by Crippen LogP contribution is -2.41. The van der Waals surface area contributed by atoms with E-state index in [9.17, 15) is 0 Å². The molecule has 5 aliphatic carbocycles. The maximum atomic E-state index is 2.73. The van der Waals surface area contributed by atoms with Crippen LogP contribution in [0.2, 0.25) is 44.3 Å². The van der Waals surface area contributed by atoms with Crippen molar-refractivity contribution in [2.24, 2.45) is 29.6 Å². The Labute approximate surface area is 120 Å². The molecule has 0 aromatic rings. The number of hydrogen-bond acceptors (Lipinski definition) is 0. The van der Waals surface area contributed by atoms with E-state index < -0.39 is 16.1 Å². The summed E-state index contributed by atoms with van der Waals surface area (Å²) in [5, 5.41) is 2.71. The standard InChI is InChI=1S/C17H28Si2/c1-18(2,3)15-9-11-7-8-13-14-10-12(11)16(15)17(13,14)19(4,5)6/h7-9,11-14,16H,10H2,1-6H3/t11-,12-,13-,14+,16+,17+/m1/s1. The second-order valence-electron chi connectivity index (χ2n) is 9.53. The summed E-state index contributed by atoms with van der Waals surface area (Å²) in [6, 6.07) is 0. The summed E-state index contributed by atoms with van der Waals surface area (Å²) in [6.07, 6.45) is 9.52. The van der Waals surface area contributed by atoms with E-state index in [-0.39, 0.29) is 0 Å². The van der Waals surface area contributed by atoms with E-state index in [1.807, 2.05) is 5.20 Å². The highest BCUT2D eigenvalue weighted by atomic mass is 28.3. The van der Waals surface area contributed by atoms with E-state index in [0.717, 1.165) is 34.6 Å². The van der Waals surface area contributed by atoms with Crippen molar-refractivity contribution in [3.05, 3.63) is 23.4 Å². The van der Waals surface area contributed by atoms with Gasteiger partial charge in [0.05, 0.1) is 16.1 Å². The van der Waals surface area contributed by atoms with Gasteiger partial charge in [-0.3, -0.25) is 0 Å². The van der Waals surface area contributed by atoms with Crippen LogP contribution in [0.4, 0.5) is 0 Å². The predicted octanol–water partition coefficient (Wildman–Crippen LogP) is 4.95. The fourth-order valence-corrected chi connectivity index (χ4v) is 12.5. The first kappa shape index (κ1) is 12.6. The maximum Gasteiger partial charge on any atom is 0.0724 e. The molecule has 0 radical (unpaired) electrons. The van der Waals surface area contributed by atoms with Gasteiger partial charge in [-0.1, -0.05) is 62.7 Å². The SMILES string of the molecule is C[Si](C)(C)C1=C[C@H]2C=C[C@@H]3[C@@H]4C[C@H]2[C@@H]1[C@]34[Si](C)(C)C. The van der Waals surface area contributed by atoms with Crippen molar-refractivity contribution in [3.63, 3.8) is 0 Å². The van der Waals surface area contributed by atoms with Crippen LogP contribution in [0.1, 0.15) is 6.42 Å². The van der Waals surface area contributed by atoms with E-state index >= 15 is 0 Å².